The number of nitrogens with zero attached hydrogens (tertiary/aromatic N) is 2. The number of aryl methyl sites for hydroxylation is 1. The lowest BCUT2D eigenvalue weighted by atomic mass is 10.2. The normalized spacial score (nSPS) is 11.2. The van der Waals surface area contributed by atoms with Gasteiger partial charge in [0.15, 0.2) is 5.82 Å². The van der Waals surface area contributed by atoms with Crippen molar-refractivity contribution in [3.63, 3.8) is 0 Å². The van der Waals surface area contributed by atoms with Crippen molar-refractivity contribution in [2.75, 3.05) is 4.72 Å². The van der Waals surface area contributed by atoms with E-state index in [1.165, 1.54) is 24.5 Å². The molecule has 0 bridgehead atoms. The lowest BCUT2D eigenvalue weighted by Gasteiger charge is -2.06. The fraction of sp³-hybridized carbons (Fsp3) is 0.0909. The first kappa shape index (κ1) is 12.8. The minimum absolute atomic E-state index is 0.125. The molecule has 1 N–H and O–H groups in total. The molecule has 0 aliphatic heterocycles. The first-order valence-corrected chi connectivity index (χ1v) is 6.90. The van der Waals surface area contributed by atoms with Crippen molar-refractivity contribution in [1.29, 1.82) is 0 Å². The SMILES string of the molecule is Cc1ccc(S(=O)(=O)Nc2cnc(Cl)cn2)cc1. The monoisotopic (exact) mass is 283 g/mol. The van der Waals surface area contributed by atoms with E-state index in [1.807, 2.05) is 6.92 Å². The molecule has 0 saturated heterocycles. The van der Waals surface area contributed by atoms with E-state index in [1.54, 1.807) is 12.1 Å². The Morgan fingerprint density at radius 3 is 2.33 bits per heavy atom. The lowest BCUT2D eigenvalue weighted by molar-refractivity contribution is 0.601. The van der Waals surface area contributed by atoms with Gasteiger partial charge in [0.25, 0.3) is 10.0 Å². The highest BCUT2D eigenvalue weighted by Gasteiger charge is 2.14. The molecule has 0 unspecified atom stereocenters. The minimum Gasteiger partial charge on any atom is -0.262 e. The molecule has 2 aromatic rings. The van der Waals surface area contributed by atoms with Crippen molar-refractivity contribution >= 4 is 27.4 Å². The van der Waals surface area contributed by atoms with Gasteiger partial charge < -0.3 is 0 Å². The van der Waals surface area contributed by atoms with E-state index in [-0.39, 0.29) is 15.9 Å². The molecule has 0 fully saturated rings. The molecular formula is C11H10ClN3O2S. The molecular weight excluding hydrogens is 274 g/mol. The second-order valence-corrected chi connectivity index (χ2v) is 5.71. The number of rotatable bonds is 3. The zero-order valence-electron chi connectivity index (χ0n) is 9.46. The highest BCUT2D eigenvalue weighted by molar-refractivity contribution is 7.92. The van der Waals surface area contributed by atoms with Gasteiger partial charge in [-0.25, -0.2) is 18.4 Å². The van der Waals surface area contributed by atoms with Crippen molar-refractivity contribution in [1.82, 2.24) is 9.97 Å². The Morgan fingerprint density at radius 1 is 1.11 bits per heavy atom. The van der Waals surface area contributed by atoms with Gasteiger partial charge in [-0.2, -0.15) is 0 Å². The molecule has 0 aliphatic rings. The Labute approximate surface area is 110 Å². The van der Waals surface area contributed by atoms with Gasteiger partial charge in [-0.3, -0.25) is 4.72 Å². The molecule has 0 amide bonds. The van der Waals surface area contributed by atoms with Crippen LogP contribution in [-0.2, 0) is 10.0 Å². The van der Waals surface area contributed by atoms with Crippen molar-refractivity contribution in [3.05, 3.63) is 47.4 Å². The fourth-order valence-corrected chi connectivity index (χ4v) is 2.37. The number of sulfonamides is 1. The third-order valence-electron chi connectivity index (χ3n) is 2.19. The van der Waals surface area contributed by atoms with Crippen molar-refractivity contribution in [2.24, 2.45) is 0 Å². The molecule has 0 aliphatic carbocycles. The molecule has 94 valence electrons. The highest BCUT2D eigenvalue weighted by atomic mass is 35.5. The van der Waals surface area contributed by atoms with Crippen LogP contribution in [0.5, 0.6) is 0 Å². The van der Waals surface area contributed by atoms with Gasteiger partial charge in [0.2, 0.25) is 0 Å². The van der Waals surface area contributed by atoms with Gasteiger partial charge in [-0.1, -0.05) is 29.3 Å². The molecule has 1 heterocycles. The summed E-state index contributed by atoms with van der Waals surface area (Å²) in [5.41, 5.74) is 0.986. The van der Waals surface area contributed by atoms with Crippen LogP contribution in [0.4, 0.5) is 5.82 Å². The standard InChI is InChI=1S/C11H10ClN3O2S/c1-8-2-4-9(5-3-8)18(16,17)15-11-7-13-10(12)6-14-11/h2-7H,1H3,(H,14,15). The van der Waals surface area contributed by atoms with Crippen LogP contribution >= 0.6 is 11.6 Å². The number of aromatic nitrogens is 2. The first-order chi connectivity index (χ1) is 8.47. The minimum atomic E-state index is -3.64. The second kappa shape index (κ2) is 4.91. The molecule has 1 aromatic carbocycles. The van der Waals surface area contributed by atoms with E-state index >= 15 is 0 Å². The van der Waals surface area contributed by atoms with E-state index in [2.05, 4.69) is 14.7 Å². The molecule has 5 nitrogen and oxygen atoms in total. The number of nitrogens with one attached hydrogen (secondary N) is 1. The van der Waals surface area contributed by atoms with Crippen LogP contribution in [-0.4, -0.2) is 18.4 Å². The third kappa shape index (κ3) is 2.96. The zero-order valence-corrected chi connectivity index (χ0v) is 11.0. The van der Waals surface area contributed by atoms with Gasteiger partial charge in [-0.15, -0.1) is 0 Å². The molecule has 7 heteroatoms. The van der Waals surface area contributed by atoms with E-state index in [0.717, 1.165) is 5.56 Å². The van der Waals surface area contributed by atoms with Crippen molar-refractivity contribution in [2.45, 2.75) is 11.8 Å². The zero-order chi connectivity index (χ0) is 13.2. The van der Waals surface area contributed by atoms with Gasteiger partial charge >= 0.3 is 0 Å². The number of anilines is 1. The molecule has 1 aromatic heterocycles. The quantitative estimate of drug-likeness (QED) is 0.938. The molecule has 2 rings (SSSR count). The molecule has 0 atom stereocenters. The number of halogens is 1. The maximum Gasteiger partial charge on any atom is 0.263 e. The van der Waals surface area contributed by atoms with Gasteiger partial charge in [0.05, 0.1) is 17.3 Å². The summed E-state index contributed by atoms with van der Waals surface area (Å²) in [6.45, 7) is 1.88. The van der Waals surface area contributed by atoms with Crippen LogP contribution in [0, 0.1) is 6.92 Å². The Balaban J connectivity index is 2.27. The van der Waals surface area contributed by atoms with Crippen LogP contribution in [0.15, 0.2) is 41.6 Å². The van der Waals surface area contributed by atoms with Crippen molar-refractivity contribution in [3.8, 4) is 0 Å². The van der Waals surface area contributed by atoms with Gasteiger partial charge in [-0.05, 0) is 19.1 Å². The summed E-state index contributed by atoms with van der Waals surface area (Å²) in [6, 6.07) is 6.51. The van der Waals surface area contributed by atoms with E-state index in [9.17, 15) is 8.42 Å². The summed E-state index contributed by atoms with van der Waals surface area (Å²) in [7, 11) is -3.64. The number of benzene rings is 1. The molecule has 18 heavy (non-hydrogen) atoms. The van der Waals surface area contributed by atoms with E-state index in [4.69, 9.17) is 11.6 Å². The second-order valence-electron chi connectivity index (χ2n) is 3.64. The molecule has 0 radical (unpaired) electrons. The van der Waals surface area contributed by atoms with Crippen LogP contribution in [0.2, 0.25) is 5.15 Å². The average Bonchev–Trinajstić information content (AvgIpc) is 2.32. The summed E-state index contributed by atoms with van der Waals surface area (Å²) in [6.07, 6.45) is 2.53. The van der Waals surface area contributed by atoms with E-state index in [0.29, 0.717) is 0 Å². The first-order valence-electron chi connectivity index (χ1n) is 5.04. The summed E-state index contributed by atoms with van der Waals surface area (Å²) >= 11 is 5.57. The topological polar surface area (TPSA) is 72.0 Å². The van der Waals surface area contributed by atoms with Gasteiger partial charge in [0.1, 0.15) is 5.15 Å². The Kier molecular flexibility index (Phi) is 3.49. The predicted molar refractivity (Wildman–Crippen MR) is 69.0 cm³/mol. The number of hydrogen-bond donors (Lipinski definition) is 1. The lowest BCUT2D eigenvalue weighted by Crippen LogP contribution is -2.14. The Morgan fingerprint density at radius 2 is 1.78 bits per heavy atom. The van der Waals surface area contributed by atoms with Crippen LogP contribution < -0.4 is 4.72 Å². The Bertz CT molecular complexity index is 639. The summed E-state index contributed by atoms with van der Waals surface area (Å²) in [5.74, 6) is 0.125. The third-order valence-corrected chi connectivity index (χ3v) is 3.76. The number of hydrogen-bond acceptors (Lipinski definition) is 4. The molecule has 0 spiro atoms. The molecule has 0 saturated carbocycles. The highest BCUT2D eigenvalue weighted by Crippen LogP contribution is 2.14. The maximum absolute atomic E-state index is 12.0. The summed E-state index contributed by atoms with van der Waals surface area (Å²) < 4.78 is 26.3. The largest absolute Gasteiger partial charge is 0.263 e. The Hall–Kier alpha value is -1.66. The smallest absolute Gasteiger partial charge is 0.262 e. The van der Waals surface area contributed by atoms with E-state index < -0.39 is 10.0 Å². The van der Waals surface area contributed by atoms with Crippen LogP contribution in [0.3, 0.4) is 0 Å². The van der Waals surface area contributed by atoms with Crippen LogP contribution in [0.1, 0.15) is 5.56 Å². The average molecular weight is 284 g/mol. The van der Waals surface area contributed by atoms with Gasteiger partial charge in [0, 0.05) is 0 Å². The maximum atomic E-state index is 12.0. The summed E-state index contributed by atoms with van der Waals surface area (Å²) in [4.78, 5) is 7.74. The van der Waals surface area contributed by atoms with Crippen LogP contribution in [0.25, 0.3) is 0 Å². The predicted octanol–water partition coefficient (Wildman–Crippen LogP) is 2.24. The fourth-order valence-electron chi connectivity index (χ4n) is 1.28. The van der Waals surface area contributed by atoms with Crippen molar-refractivity contribution < 1.29 is 8.42 Å². The summed E-state index contributed by atoms with van der Waals surface area (Å²) in [5, 5.41) is 0.202.